The molecule has 1 saturated carbocycles. The lowest BCUT2D eigenvalue weighted by Gasteiger charge is -2.48. The first-order valence-electron chi connectivity index (χ1n) is 8.05. The SMILES string of the molecule is CCCOC1(C(=O)CCC)CCCCC1C(C)(C)C. The minimum Gasteiger partial charge on any atom is -0.367 e. The summed E-state index contributed by atoms with van der Waals surface area (Å²) in [6, 6.07) is 0. The first-order valence-corrected chi connectivity index (χ1v) is 8.05. The molecule has 112 valence electrons. The average molecular weight is 268 g/mol. The van der Waals surface area contributed by atoms with Crippen molar-refractivity contribution in [1.82, 2.24) is 0 Å². The highest BCUT2D eigenvalue weighted by Gasteiger charge is 2.51. The van der Waals surface area contributed by atoms with Crippen LogP contribution in [0.15, 0.2) is 0 Å². The summed E-state index contributed by atoms with van der Waals surface area (Å²) in [6.07, 6.45) is 6.99. The summed E-state index contributed by atoms with van der Waals surface area (Å²) in [5.41, 5.74) is -0.361. The number of Topliss-reactive ketones (excluding diaryl/α,β-unsaturated/α-hetero) is 1. The van der Waals surface area contributed by atoms with Gasteiger partial charge in [-0.2, -0.15) is 0 Å². The Balaban J connectivity index is 3.05. The van der Waals surface area contributed by atoms with E-state index in [0.717, 1.165) is 32.1 Å². The molecule has 2 nitrogen and oxygen atoms in total. The highest BCUT2D eigenvalue weighted by Crippen LogP contribution is 2.47. The van der Waals surface area contributed by atoms with Crippen molar-refractivity contribution < 1.29 is 9.53 Å². The van der Waals surface area contributed by atoms with Crippen molar-refractivity contribution in [2.75, 3.05) is 6.61 Å². The Morgan fingerprint density at radius 3 is 2.42 bits per heavy atom. The Morgan fingerprint density at radius 2 is 1.89 bits per heavy atom. The normalized spacial score (nSPS) is 28.4. The van der Waals surface area contributed by atoms with Gasteiger partial charge in [0.1, 0.15) is 5.60 Å². The van der Waals surface area contributed by atoms with Crippen molar-refractivity contribution in [2.45, 2.75) is 85.2 Å². The fourth-order valence-corrected chi connectivity index (χ4v) is 3.59. The van der Waals surface area contributed by atoms with Gasteiger partial charge in [0, 0.05) is 13.0 Å². The van der Waals surface area contributed by atoms with Crippen LogP contribution in [0.25, 0.3) is 0 Å². The second-order valence-corrected chi connectivity index (χ2v) is 7.08. The summed E-state index contributed by atoms with van der Waals surface area (Å²) < 4.78 is 6.22. The van der Waals surface area contributed by atoms with Crippen LogP contribution in [0.1, 0.15) is 79.6 Å². The standard InChI is InChI=1S/C17H32O2/c1-6-10-15(18)17(19-13-7-2)12-9-8-11-14(17)16(3,4)5/h14H,6-13H2,1-5H3. The van der Waals surface area contributed by atoms with E-state index in [1.54, 1.807) is 0 Å². The van der Waals surface area contributed by atoms with E-state index >= 15 is 0 Å². The van der Waals surface area contributed by atoms with Crippen molar-refractivity contribution in [3.63, 3.8) is 0 Å². The second kappa shape index (κ2) is 6.88. The average Bonchev–Trinajstić information content (AvgIpc) is 2.35. The van der Waals surface area contributed by atoms with Crippen LogP contribution in [0.4, 0.5) is 0 Å². The molecule has 19 heavy (non-hydrogen) atoms. The van der Waals surface area contributed by atoms with Gasteiger partial charge >= 0.3 is 0 Å². The molecule has 0 aromatic rings. The molecular weight excluding hydrogens is 236 g/mol. The number of hydrogen-bond donors (Lipinski definition) is 0. The molecule has 2 unspecified atom stereocenters. The molecule has 0 amide bonds. The van der Waals surface area contributed by atoms with E-state index in [2.05, 4.69) is 34.6 Å². The maximum Gasteiger partial charge on any atom is 0.164 e. The molecule has 0 aromatic carbocycles. The van der Waals surface area contributed by atoms with Crippen molar-refractivity contribution in [3.8, 4) is 0 Å². The van der Waals surface area contributed by atoms with Gasteiger partial charge in [-0.25, -0.2) is 0 Å². The summed E-state index contributed by atoms with van der Waals surface area (Å²) in [5.74, 6) is 0.711. The monoisotopic (exact) mass is 268 g/mol. The summed E-state index contributed by atoms with van der Waals surface area (Å²) >= 11 is 0. The molecule has 1 aliphatic carbocycles. The maximum atomic E-state index is 12.8. The molecule has 2 heteroatoms. The van der Waals surface area contributed by atoms with E-state index in [1.165, 1.54) is 6.42 Å². The van der Waals surface area contributed by atoms with E-state index in [9.17, 15) is 4.79 Å². The molecule has 0 saturated heterocycles. The molecule has 1 aliphatic rings. The highest BCUT2D eigenvalue weighted by molar-refractivity contribution is 5.88. The summed E-state index contributed by atoms with van der Waals surface area (Å²) in [6.45, 7) is 11.7. The predicted octanol–water partition coefficient (Wildman–Crippen LogP) is 4.76. The third-order valence-electron chi connectivity index (χ3n) is 4.41. The fourth-order valence-electron chi connectivity index (χ4n) is 3.59. The molecule has 0 heterocycles. The predicted molar refractivity (Wildman–Crippen MR) is 80.3 cm³/mol. The minimum absolute atomic E-state index is 0.136. The first-order chi connectivity index (χ1) is 8.88. The van der Waals surface area contributed by atoms with Crippen LogP contribution in [0.2, 0.25) is 0 Å². The number of rotatable bonds is 6. The highest BCUT2D eigenvalue weighted by atomic mass is 16.5. The van der Waals surface area contributed by atoms with Crippen molar-refractivity contribution in [3.05, 3.63) is 0 Å². The first kappa shape index (κ1) is 16.7. The molecule has 1 rings (SSSR count). The van der Waals surface area contributed by atoms with E-state index in [1.807, 2.05) is 0 Å². The Bertz CT molecular complexity index is 290. The van der Waals surface area contributed by atoms with Gasteiger partial charge in [-0.3, -0.25) is 4.79 Å². The minimum atomic E-state index is -0.497. The van der Waals surface area contributed by atoms with E-state index in [4.69, 9.17) is 4.74 Å². The van der Waals surface area contributed by atoms with Crippen LogP contribution >= 0.6 is 0 Å². The zero-order chi connectivity index (χ0) is 14.5. The van der Waals surface area contributed by atoms with Gasteiger partial charge in [0.15, 0.2) is 5.78 Å². The Kier molecular flexibility index (Phi) is 6.04. The van der Waals surface area contributed by atoms with Crippen LogP contribution in [0.5, 0.6) is 0 Å². The Morgan fingerprint density at radius 1 is 1.21 bits per heavy atom. The third kappa shape index (κ3) is 3.81. The van der Waals surface area contributed by atoms with Crippen molar-refractivity contribution in [2.24, 2.45) is 11.3 Å². The van der Waals surface area contributed by atoms with Crippen LogP contribution in [-0.4, -0.2) is 18.0 Å². The topological polar surface area (TPSA) is 26.3 Å². The largest absolute Gasteiger partial charge is 0.367 e. The van der Waals surface area contributed by atoms with Crippen molar-refractivity contribution >= 4 is 5.78 Å². The molecular formula is C17H32O2. The lowest BCUT2D eigenvalue weighted by Crippen LogP contribution is -2.54. The van der Waals surface area contributed by atoms with E-state index < -0.39 is 5.60 Å². The quantitative estimate of drug-likeness (QED) is 0.694. The molecule has 1 fully saturated rings. The molecule has 0 aliphatic heterocycles. The van der Waals surface area contributed by atoms with Crippen LogP contribution in [-0.2, 0) is 9.53 Å². The summed E-state index contributed by atoms with van der Waals surface area (Å²) in [7, 11) is 0. The maximum absolute atomic E-state index is 12.8. The lowest BCUT2D eigenvalue weighted by atomic mass is 9.61. The van der Waals surface area contributed by atoms with Gasteiger partial charge in [-0.1, -0.05) is 47.5 Å². The van der Waals surface area contributed by atoms with Crippen LogP contribution in [0.3, 0.4) is 0 Å². The number of hydrogen-bond acceptors (Lipinski definition) is 2. The fraction of sp³-hybridized carbons (Fsp3) is 0.941. The molecule has 0 radical (unpaired) electrons. The molecule has 0 aromatic heterocycles. The Hall–Kier alpha value is -0.370. The summed E-state index contributed by atoms with van der Waals surface area (Å²) in [5, 5.41) is 0. The van der Waals surface area contributed by atoms with E-state index in [0.29, 0.717) is 24.7 Å². The smallest absolute Gasteiger partial charge is 0.164 e. The van der Waals surface area contributed by atoms with E-state index in [-0.39, 0.29) is 5.41 Å². The van der Waals surface area contributed by atoms with Gasteiger partial charge in [-0.05, 0) is 37.0 Å². The molecule has 0 spiro atoms. The second-order valence-electron chi connectivity index (χ2n) is 7.08. The van der Waals surface area contributed by atoms with Gasteiger partial charge in [0.2, 0.25) is 0 Å². The van der Waals surface area contributed by atoms with Crippen molar-refractivity contribution in [1.29, 1.82) is 0 Å². The third-order valence-corrected chi connectivity index (χ3v) is 4.41. The van der Waals surface area contributed by atoms with Crippen LogP contribution in [0, 0.1) is 11.3 Å². The number of ketones is 1. The zero-order valence-corrected chi connectivity index (χ0v) is 13.6. The van der Waals surface area contributed by atoms with Gasteiger partial charge in [0.05, 0.1) is 0 Å². The van der Waals surface area contributed by atoms with Gasteiger partial charge < -0.3 is 4.74 Å². The summed E-state index contributed by atoms with van der Waals surface area (Å²) in [4.78, 5) is 12.8. The zero-order valence-electron chi connectivity index (χ0n) is 13.6. The number of carbonyl (C=O) groups is 1. The molecule has 0 bridgehead atoms. The van der Waals surface area contributed by atoms with Gasteiger partial charge in [-0.15, -0.1) is 0 Å². The number of carbonyl (C=O) groups excluding carboxylic acids is 1. The van der Waals surface area contributed by atoms with Gasteiger partial charge in [0.25, 0.3) is 0 Å². The molecule has 2 atom stereocenters. The number of ether oxygens (including phenoxy) is 1. The lowest BCUT2D eigenvalue weighted by molar-refractivity contribution is -0.170. The Labute approximate surface area is 119 Å². The molecule has 0 N–H and O–H groups in total. The van der Waals surface area contributed by atoms with Crippen LogP contribution < -0.4 is 0 Å².